The van der Waals surface area contributed by atoms with Crippen LogP contribution in [-0.4, -0.2) is 41.4 Å². The average molecular weight is 319 g/mol. The normalized spacial score (nSPS) is 27.1. The van der Waals surface area contributed by atoms with Crippen LogP contribution < -0.4 is 5.32 Å². The second-order valence-electron chi connectivity index (χ2n) is 6.99. The van der Waals surface area contributed by atoms with E-state index in [-0.39, 0.29) is 0 Å². The van der Waals surface area contributed by atoms with Crippen LogP contribution in [0.1, 0.15) is 53.4 Å². The Balaban J connectivity index is 2.82. The Morgan fingerprint density at radius 2 is 1.71 bits per heavy atom. The molecule has 2 N–H and O–H groups in total. The smallest absolute Gasteiger partial charge is 0.329 e. The quantitative estimate of drug-likeness (QED) is 0.814. The molecular formula is C14H25NO5S. The van der Waals surface area contributed by atoms with Gasteiger partial charge in [0, 0.05) is 0 Å². The Labute approximate surface area is 126 Å². The summed E-state index contributed by atoms with van der Waals surface area (Å²) in [6.45, 7) is 6.60. The molecule has 0 spiro atoms. The molecule has 1 aliphatic carbocycles. The standard InChI is InChI=1S/C14H25NO5S/c1-10-5-7-14(8-6-10,12(17)18)15-11(16)9-21(19,20)13(2,3)4/h10H,5-9H2,1-4H3,(H,15,16)(H,17,18). The van der Waals surface area contributed by atoms with Gasteiger partial charge in [0.25, 0.3) is 0 Å². The van der Waals surface area contributed by atoms with E-state index in [1.807, 2.05) is 6.92 Å². The van der Waals surface area contributed by atoms with Gasteiger partial charge in [0.1, 0.15) is 11.3 Å². The molecule has 0 aliphatic heterocycles. The fraction of sp³-hybridized carbons (Fsp3) is 0.857. The first-order chi connectivity index (χ1) is 9.40. The summed E-state index contributed by atoms with van der Waals surface area (Å²) in [4.78, 5) is 23.5. The van der Waals surface area contributed by atoms with Crippen LogP contribution in [0.15, 0.2) is 0 Å². The fourth-order valence-electron chi connectivity index (χ4n) is 2.34. The van der Waals surface area contributed by atoms with Gasteiger partial charge in [-0.1, -0.05) is 6.92 Å². The van der Waals surface area contributed by atoms with E-state index in [1.54, 1.807) is 0 Å². The van der Waals surface area contributed by atoms with Crippen molar-refractivity contribution in [2.24, 2.45) is 5.92 Å². The fourth-order valence-corrected chi connectivity index (χ4v) is 3.19. The molecule has 1 rings (SSSR count). The number of carboxylic acids is 1. The Morgan fingerprint density at radius 1 is 1.24 bits per heavy atom. The molecule has 1 aliphatic rings. The SMILES string of the molecule is CC1CCC(NC(=O)CS(=O)(=O)C(C)(C)C)(C(=O)O)CC1. The largest absolute Gasteiger partial charge is 0.480 e. The van der Waals surface area contributed by atoms with Gasteiger partial charge in [-0.3, -0.25) is 4.79 Å². The first-order valence-corrected chi connectivity index (χ1v) is 8.81. The molecule has 122 valence electrons. The van der Waals surface area contributed by atoms with E-state index >= 15 is 0 Å². The monoisotopic (exact) mass is 319 g/mol. The van der Waals surface area contributed by atoms with E-state index in [0.717, 1.165) is 0 Å². The summed E-state index contributed by atoms with van der Waals surface area (Å²) in [5.74, 6) is -2.08. The predicted octanol–water partition coefficient (Wildman–Crippen LogP) is 1.35. The summed E-state index contributed by atoms with van der Waals surface area (Å²) in [5, 5.41) is 11.9. The number of aliphatic carboxylic acids is 1. The number of amides is 1. The molecule has 1 fully saturated rings. The minimum atomic E-state index is -3.62. The molecule has 0 radical (unpaired) electrons. The highest BCUT2D eigenvalue weighted by atomic mass is 32.2. The van der Waals surface area contributed by atoms with Crippen molar-refractivity contribution in [3.05, 3.63) is 0 Å². The van der Waals surface area contributed by atoms with Crippen LogP contribution in [0, 0.1) is 5.92 Å². The molecule has 0 atom stereocenters. The van der Waals surface area contributed by atoms with E-state index in [4.69, 9.17) is 0 Å². The van der Waals surface area contributed by atoms with Crippen molar-refractivity contribution in [2.45, 2.75) is 63.7 Å². The van der Waals surface area contributed by atoms with Gasteiger partial charge in [0.15, 0.2) is 9.84 Å². The highest BCUT2D eigenvalue weighted by molar-refractivity contribution is 7.93. The van der Waals surface area contributed by atoms with E-state index < -0.39 is 37.8 Å². The molecule has 6 nitrogen and oxygen atoms in total. The molecule has 1 amide bonds. The molecule has 0 saturated heterocycles. The zero-order valence-electron chi connectivity index (χ0n) is 13.1. The molecule has 7 heteroatoms. The van der Waals surface area contributed by atoms with Gasteiger partial charge >= 0.3 is 5.97 Å². The first-order valence-electron chi connectivity index (χ1n) is 7.16. The van der Waals surface area contributed by atoms with Crippen molar-refractivity contribution in [1.29, 1.82) is 0 Å². The molecule has 0 aromatic carbocycles. The molecule has 21 heavy (non-hydrogen) atoms. The minimum Gasteiger partial charge on any atom is -0.480 e. The minimum absolute atomic E-state index is 0.338. The number of carbonyl (C=O) groups is 2. The topological polar surface area (TPSA) is 101 Å². The van der Waals surface area contributed by atoms with Gasteiger partial charge in [-0.15, -0.1) is 0 Å². The van der Waals surface area contributed by atoms with Gasteiger partial charge in [-0.2, -0.15) is 0 Å². The van der Waals surface area contributed by atoms with E-state index in [2.05, 4.69) is 5.32 Å². The maximum absolute atomic E-state index is 12.0. The van der Waals surface area contributed by atoms with E-state index in [1.165, 1.54) is 20.8 Å². The third-order valence-electron chi connectivity index (χ3n) is 4.17. The highest BCUT2D eigenvalue weighted by Gasteiger charge is 2.43. The van der Waals surface area contributed by atoms with Crippen molar-refractivity contribution in [1.82, 2.24) is 5.32 Å². The third kappa shape index (κ3) is 4.18. The van der Waals surface area contributed by atoms with Crippen LogP contribution in [-0.2, 0) is 19.4 Å². The summed E-state index contributed by atoms with van der Waals surface area (Å²) in [6, 6.07) is 0. The zero-order chi connectivity index (χ0) is 16.5. The molecular weight excluding hydrogens is 294 g/mol. The lowest BCUT2D eigenvalue weighted by molar-refractivity contribution is -0.149. The first kappa shape index (κ1) is 17.9. The molecule has 0 heterocycles. The predicted molar refractivity (Wildman–Crippen MR) is 79.7 cm³/mol. The van der Waals surface area contributed by atoms with Crippen LogP contribution >= 0.6 is 0 Å². The molecule has 0 unspecified atom stereocenters. The van der Waals surface area contributed by atoms with Crippen LogP contribution in [0.5, 0.6) is 0 Å². The summed E-state index contributed by atoms with van der Waals surface area (Å²) >= 11 is 0. The number of carboxylic acid groups (broad SMARTS) is 1. The molecule has 1 saturated carbocycles. The second-order valence-corrected chi connectivity index (χ2v) is 9.73. The van der Waals surface area contributed by atoms with Gasteiger partial charge in [0.05, 0.1) is 4.75 Å². The Morgan fingerprint density at radius 3 is 2.10 bits per heavy atom. The van der Waals surface area contributed by atoms with Crippen LogP contribution in [0.3, 0.4) is 0 Å². The number of carbonyl (C=O) groups excluding carboxylic acids is 1. The Kier molecular flexibility index (Phi) is 5.08. The number of sulfone groups is 1. The Hall–Kier alpha value is -1.11. The average Bonchev–Trinajstić information content (AvgIpc) is 2.29. The van der Waals surface area contributed by atoms with Gasteiger partial charge in [-0.05, 0) is 52.4 Å². The number of hydrogen-bond donors (Lipinski definition) is 2. The Bertz CT molecular complexity index is 510. The molecule has 0 aromatic rings. The zero-order valence-corrected chi connectivity index (χ0v) is 13.9. The van der Waals surface area contributed by atoms with Crippen molar-refractivity contribution in [3.8, 4) is 0 Å². The summed E-state index contributed by atoms with van der Waals surface area (Å²) in [6.07, 6.45) is 2.09. The number of rotatable bonds is 4. The van der Waals surface area contributed by atoms with Gasteiger partial charge < -0.3 is 10.4 Å². The van der Waals surface area contributed by atoms with Gasteiger partial charge in [0.2, 0.25) is 5.91 Å². The third-order valence-corrected chi connectivity index (χ3v) is 6.68. The maximum Gasteiger partial charge on any atom is 0.329 e. The molecule has 0 bridgehead atoms. The second kappa shape index (κ2) is 5.94. The summed E-state index contributed by atoms with van der Waals surface area (Å²) < 4.78 is 23.0. The number of nitrogens with one attached hydrogen (secondary N) is 1. The van der Waals surface area contributed by atoms with Crippen LogP contribution in [0.2, 0.25) is 0 Å². The van der Waals surface area contributed by atoms with Crippen molar-refractivity contribution in [2.75, 3.05) is 5.75 Å². The van der Waals surface area contributed by atoms with E-state index in [0.29, 0.717) is 31.6 Å². The van der Waals surface area contributed by atoms with Crippen molar-refractivity contribution in [3.63, 3.8) is 0 Å². The summed E-state index contributed by atoms with van der Waals surface area (Å²) in [7, 11) is -3.62. The lowest BCUT2D eigenvalue weighted by Crippen LogP contribution is -2.57. The van der Waals surface area contributed by atoms with Crippen LogP contribution in [0.4, 0.5) is 0 Å². The number of hydrogen-bond acceptors (Lipinski definition) is 4. The van der Waals surface area contributed by atoms with Crippen LogP contribution in [0.25, 0.3) is 0 Å². The van der Waals surface area contributed by atoms with Crippen molar-refractivity contribution < 1.29 is 23.1 Å². The highest BCUT2D eigenvalue weighted by Crippen LogP contribution is 2.32. The molecule has 0 aromatic heterocycles. The summed E-state index contributed by atoms with van der Waals surface area (Å²) in [5.41, 5.74) is -1.32. The maximum atomic E-state index is 12.0. The van der Waals surface area contributed by atoms with Gasteiger partial charge in [-0.25, -0.2) is 13.2 Å². The van der Waals surface area contributed by atoms with E-state index in [9.17, 15) is 23.1 Å². The lowest BCUT2D eigenvalue weighted by Gasteiger charge is -2.36. The lowest BCUT2D eigenvalue weighted by atomic mass is 9.77. The van der Waals surface area contributed by atoms with Crippen molar-refractivity contribution >= 4 is 21.7 Å².